The van der Waals surface area contributed by atoms with Crippen LogP contribution in [0.1, 0.15) is 16.7 Å². The molecule has 14 heteroatoms. The van der Waals surface area contributed by atoms with Crippen molar-refractivity contribution >= 4 is 13.7 Å². The van der Waals surface area contributed by atoms with Crippen LogP contribution in [0.5, 0.6) is 5.88 Å². The maximum absolute atomic E-state index is 10.9. The molecule has 1 fully saturated rings. The van der Waals surface area contributed by atoms with Gasteiger partial charge >= 0.3 is 7.75 Å². The van der Waals surface area contributed by atoms with E-state index in [-0.39, 0.29) is 5.69 Å². The van der Waals surface area contributed by atoms with Crippen LogP contribution in [0, 0.1) is 0 Å². The Morgan fingerprint density at radius 2 is 1.91 bits per heavy atom. The number of carbonyl (C=O) groups excluding carboxylic acids is 1. The van der Waals surface area contributed by atoms with Crippen LogP contribution in [-0.2, 0) is 9.30 Å². The van der Waals surface area contributed by atoms with Crippen molar-refractivity contribution in [1.29, 1.82) is 0 Å². The van der Waals surface area contributed by atoms with Crippen LogP contribution in [0.3, 0.4) is 0 Å². The second kappa shape index (κ2) is 7.33. The predicted octanol–water partition coefficient (Wildman–Crippen LogP) is -3.66. The maximum atomic E-state index is 10.9. The first-order valence-electron chi connectivity index (χ1n) is 5.99. The van der Waals surface area contributed by atoms with Crippen molar-refractivity contribution in [3.63, 3.8) is 0 Å². The molecule has 0 radical (unpaired) electrons. The summed E-state index contributed by atoms with van der Waals surface area (Å²) >= 11 is 0. The number of hydrogen-bond acceptors (Lipinski definition) is 8. The Balaban J connectivity index is 0.000000463. The number of nitrogens with two attached hydrogens (primary N) is 2. The number of aliphatic hydroxyl groups excluding tert-OH is 3. The van der Waals surface area contributed by atoms with Gasteiger partial charge in [0, 0.05) is 0 Å². The van der Waals surface area contributed by atoms with Crippen molar-refractivity contribution in [2.75, 3.05) is 6.61 Å². The smallest absolute Gasteiger partial charge is 0.397 e. The first-order chi connectivity index (χ1) is 10.5. The first-order valence-corrected chi connectivity index (χ1v) is 7.67. The Morgan fingerprint density at radius 1 is 1.39 bits per heavy atom. The minimum Gasteiger partial charge on any atom is -0.493 e. The van der Waals surface area contributed by atoms with Gasteiger partial charge in [0.05, 0.1) is 6.61 Å². The molecule has 1 saturated heterocycles. The summed E-state index contributed by atoms with van der Waals surface area (Å²) in [6.45, 7) is -0.493. The summed E-state index contributed by atoms with van der Waals surface area (Å²) < 4.78 is 15.2. The highest BCUT2D eigenvalue weighted by Gasteiger charge is 2.44. The molecule has 0 saturated carbocycles. The van der Waals surface area contributed by atoms with E-state index < -0.39 is 50.7 Å². The number of primary amides is 1. The largest absolute Gasteiger partial charge is 0.493 e. The molecule has 1 aromatic heterocycles. The summed E-state index contributed by atoms with van der Waals surface area (Å²) in [4.78, 5) is 29.3. The number of ether oxygens (including phenoxy) is 1. The molecule has 0 bridgehead atoms. The van der Waals surface area contributed by atoms with Gasteiger partial charge in [-0.3, -0.25) is 9.36 Å². The Labute approximate surface area is 128 Å². The molecule has 0 unspecified atom stereocenters. The van der Waals surface area contributed by atoms with Crippen molar-refractivity contribution in [3.05, 3.63) is 12.0 Å². The molecule has 2 rings (SSSR count). The molecule has 0 spiro atoms. The van der Waals surface area contributed by atoms with E-state index in [4.69, 9.17) is 29.9 Å². The fourth-order valence-corrected chi connectivity index (χ4v) is 1.82. The van der Waals surface area contributed by atoms with Gasteiger partial charge in [0.15, 0.2) is 11.9 Å². The van der Waals surface area contributed by atoms with E-state index in [1.165, 1.54) is 0 Å². The van der Waals surface area contributed by atoms with Crippen LogP contribution >= 0.6 is 7.75 Å². The van der Waals surface area contributed by atoms with Crippen molar-refractivity contribution in [2.45, 2.75) is 24.5 Å². The van der Waals surface area contributed by atoms with Gasteiger partial charge in [-0.1, -0.05) is 0 Å². The Morgan fingerprint density at radius 3 is 2.26 bits per heavy atom. The first kappa shape index (κ1) is 19.5. The third kappa shape index (κ3) is 4.95. The average molecular weight is 356 g/mol. The molecular formula is C9H17N4O9P. The molecule has 132 valence electrons. The number of aromatic nitrogens is 2. The molecule has 1 aliphatic rings. The van der Waals surface area contributed by atoms with Crippen LogP contribution in [0.2, 0.25) is 0 Å². The van der Waals surface area contributed by atoms with Gasteiger partial charge < -0.3 is 40.7 Å². The van der Waals surface area contributed by atoms with Crippen LogP contribution in [0.4, 0.5) is 0 Å². The van der Waals surface area contributed by atoms with Crippen molar-refractivity contribution in [2.24, 2.45) is 11.2 Å². The molecule has 0 aliphatic carbocycles. The number of amides is 1. The van der Waals surface area contributed by atoms with Gasteiger partial charge in [-0.15, -0.1) is 0 Å². The number of nitrogens with zero attached hydrogens (tertiary/aromatic N) is 2. The predicted molar refractivity (Wildman–Crippen MR) is 71.7 cm³/mol. The maximum Gasteiger partial charge on any atom is 0.397 e. The standard InChI is InChI=1S/C9H13N3O6.H4NO3P/c10-7(16)4-8(17)12(2-11-4)9-6(15)5(14)3(1-13)18-9;1-5(2,3)4/h2-3,5-6,9,13-15,17H,1H2,(H2,10,16);(H4,1,2,3,4)/t3-,5-,6-,9-;/m1./s1. The van der Waals surface area contributed by atoms with E-state index in [0.717, 1.165) is 10.9 Å². The lowest BCUT2D eigenvalue weighted by Crippen LogP contribution is -2.33. The number of hydrogen-bond donors (Lipinski definition) is 8. The fourth-order valence-electron chi connectivity index (χ4n) is 1.82. The van der Waals surface area contributed by atoms with Gasteiger partial charge in [0.1, 0.15) is 24.6 Å². The van der Waals surface area contributed by atoms with Crippen molar-refractivity contribution < 1.29 is 44.3 Å². The number of aromatic hydroxyl groups is 1. The van der Waals surface area contributed by atoms with Crippen LogP contribution in [0.25, 0.3) is 0 Å². The summed E-state index contributed by atoms with van der Waals surface area (Å²) in [6.07, 6.45) is -3.76. The van der Waals surface area contributed by atoms with E-state index in [2.05, 4.69) is 10.5 Å². The molecule has 23 heavy (non-hydrogen) atoms. The topological polar surface area (TPSA) is 235 Å². The van der Waals surface area contributed by atoms with Gasteiger partial charge in [-0.25, -0.2) is 15.1 Å². The third-order valence-corrected chi connectivity index (χ3v) is 2.79. The third-order valence-electron chi connectivity index (χ3n) is 2.79. The van der Waals surface area contributed by atoms with Crippen LogP contribution in [-0.4, -0.2) is 70.6 Å². The Kier molecular flexibility index (Phi) is 6.21. The summed E-state index contributed by atoms with van der Waals surface area (Å²) in [5.74, 6) is -1.50. The molecule has 0 aromatic carbocycles. The molecule has 10 N–H and O–H groups in total. The van der Waals surface area contributed by atoms with E-state index in [1.807, 2.05) is 0 Å². The second-order valence-corrected chi connectivity index (χ2v) is 5.68. The minimum atomic E-state index is -4.14. The number of rotatable bonds is 3. The zero-order valence-electron chi connectivity index (χ0n) is 11.5. The van der Waals surface area contributed by atoms with Crippen molar-refractivity contribution in [1.82, 2.24) is 9.55 Å². The highest BCUT2D eigenvalue weighted by Crippen LogP contribution is 2.32. The zero-order chi connectivity index (χ0) is 17.9. The van der Waals surface area contributed by atoms with Crippen molar-refractivity contribution in [3.8, 4) is 5.88 Å². The monoisotopic (exact) mass is 356 g/mol. The van der Waals surface area contributed by atoms with E-state index in [0.29, 0.717) is 0 Å². The van der Waals surface area contributed by atoms with Crippen LogP contribution < -0.4 is 11.2 Å². The number of imidazole rings is 1. The molecule has 13 nitrogen and oxygen atoms in total. The molecule has 1 aliphatic heterocycles. The molecule has 1 amide bonds. The highest BCUT2D eigenvalue weighted by atomic mass is 31.2. The summed E-state index contributed by atoms with van der Waals surface area (Å²) in [5, 5.41) is 37.9. The lowest BCUT2D eigenvalue weighted by molar-refractivity contribution is -0.0553. The number of aliphatic hydroxyl groups is 3. The molecule has 4 atom stereocenters. The van der Waals surface area contributed by atoms with Gasteiger partial charge in [0.25, 0.3) is 5.91 Å². The lowest BCUT2D eigenvalue weighted by Gasteiger charge is -2.16. The highest BCUT2D eigenvalue weighted by molar-refractivity contribution is 7.49. The Hall–Kier alpha value is -1.57. The van der Waals surface area contributed by atoms with Gasteiger partial charge in [0.2, 0.25) is 5.88 Å². The summed E-state index contributed by atoms with van der Waals surface area (Å²) in [7, 11) is -4.14. The van der Waals surface area contributed by atoms with Crippen LogP contribution in [0.15, 0.2) is 6.33 Å². The Bertz CT molecular complexity index is 594. The summed E-state index contributed by atoms with van der Waals surface area (Å²) in [5.41, 5.74) is 8.63. The molecular weight excluding hydrogens is 339 g/mol. The summed E-state index contributed by atoms with van der Waals surface area (Å²) in [6, 6.07) is 0. The van der Waals surface area contributed by atoms with Gasteiger partial charge in [-0.2, -0.15) is 0 Å². The average Bonchev–Trinajstić information content (AvgIpc) is 2.90. The minimum absolute atomic E-state index is 0.368. The van der Waals surface area contributed by atoms with E-state index in [1.54, 1.807) is 0 Å². The zero-order valence-corrected chi connectivity index (χ0v) is 12.4. The fraction of sp³-hybridized carbons (Fsp3) is 0.556. The van der Waals surface area contributed by atoms with E-state index >= 15 is 0 Å². The van der Waals surface area contributed by atoms with Gasteiger partial charge in [-0.05, 0) is 0 Å². The lowest BCUT2D eigenvalue weighted by atomic mass is 10.1. The normalized spacial score (nSPS) is 27.4. The second-order valence-electron chi connectivity index (χ2n) is 4.51. The molecule has 2 heterocycles. The van der Waals surface area contributed by atoms with E-state index in [9.17, 15) is 20.1 Å². The SMILES string of the molecule is NC(=O)c1ncn([C@@H]2O[C@H](CO)[C@@H](O)[C@H]2O)c1O.NP(=O)(O)O. The quantitative estimate of drug-likeness (QED) is 0.246. The molecule has 1 aromatic rings. The number of carbonyl (C=O) groups is 1.